The van der Waals surface area contributed by atoms with Crippen molar-refractivity contribution >= 4 is 38.6 Å². The molecule has 0 aromatic heterocycles. The highest BCUT2D eigenvalue weighted by Gasteiger charge is 2.20. The molecule has 0 heterocycles. The summed E-state index contributed by atoms with van der Waals surface area (Å²) >= 11 is 0. The Kier molecular flexibility index (Phi) is 8.95. The molecule has 10 rings (SSSR count). The van der Waals surface area contributed by atoms with Crippen molar-refractivity contribution in [2.45, 2.75) is 0 Å². The Balaban J connectivity index is 1.13. The molecule has 0 saturated heterocycles. The zero-order valence-electron chi connectivity index (χ0n) is 31.5. The van der Waals surface area contributed by atoms with E-state index in [-0.39, 0.29) is 0 Å². The molecular formula is C56H39N. The van der Waals surface area contributed by atoms with Gasteiger partial charge in [0.1, 0.15) is 0 Å². The van der Waals surface area contributed by atoms with Crippen LogP contribution >= 0.6 is 0 Å². The van der Waals surface area contributed by atoms with Gasteiger partial charge in [0.25, 0.3) is 0 Å². The van der Waals surface area contributed by atoms with Gasteiger partial charge in [0.05, 0.1) is 5.69 Å². The minimum Gasteiger partial charge on any atom is -0.310 e. The third kappa shape index (κ3) is 6.56. The summed E-state index contributed by atoms with van der Waals surface area (Å²) < 4.78 is 0. The van der Waals surface area contributed by atoms with Crippen molar-refractivity contribution in [3.05, 3.63) is 237 Å². The summed E-state index contributed by atoms with van der Waals surface area (Å²) in [5.74, 6) is 0. The monoisotopic (exact) mass is 725 g/mol. The summed E-state index contributed by atoms with van der Waals surface area (Å²) in [7, 11) is 0. The number of fused-ring (bicyclic) bond motifs is 2. The predicted molar refractivity (Wildman–Crippen MR) is 243 cm³/mol. The standard InChI is InChI=1S/C56H39N/c1-2-17-41(18-3-1)51-26-10-11-28-54(51)55-29-12-13-31-56(55)57(48-23-14-22-45(39-48)53-30-15-21-42-19-6-7-24-49(42)53)47-36-34-43(35-37-47)50-25-8-9-27-52(50)46-33-32-40-16-4-5-20-44(40)38-46/h1-39H. The van der Waals surface area contributed by atoms with Gasteiger partial charge < -0.3 is 4.90 Å². The van der Waals surface area contributed by atoms with Gasteiger partial charge in [-0.15, -0.1) is 0 Å². The molecule has 0 spiro atoms. The van der Waals surface area contributed by atoms with E-state index in [0.717, 1.165) is 17.1 Å². The third-order valence-electron chi connectivity index (χ3n) is 11.1. The lowest BCUT2D eigenvalue weighted by Crippen LogP contribution is -2.11. The Morgan fingerprint density at radius 1 is 0.228 bits per heavy atom. The van der Waals surface area contributed by atoms with E-state index < -0.39 is 0 Å². The molecule has 57 heavy (non-hydrogen) atoms. The third-order valence-corrected chi connectivity index (χ3v) is 11.1. The summed E-state index contributed by atoms with van der Waals surface area (Å²) in [5.41, 5.74) is 15.3. The normalized spacial score (nSPS) is 11.2. The van der Waals surface area contributed by atoms with E-state index in [4.69, 9.17) is 0 Å². The average Bonchev–Trinajstić information content (AvgIpc) is 3.29. The second-order valence-electron chi connectivity index (χ2n) is 14.5. The van der Waals surface area contributed by atoms with Crippen LogP contribution in [-0.2, 0) is 0 Å². The number of hydrogen-bond donors (Lipinski definition) is 0. The van der Waals surface area contributed by atoms with Gasteiger partial charge in [-0.3, -0.25) is 0 Å². The summed E-state index contributed by atoms with van der Waals surface area (Å²) in [6.45, 7) is 0. The van der Waals surface area contributed by atoms with Gasteiger partial charge in [0, 0.05) is 16.9 Å². The fourth-order valence-electron chi connectivity index (χ4n) is 8.33. The molecule has 10 aromatic rings. The molecule has 0 aliphatic heterocycles. The number of para-hydroxylation sites is 1. The molecule has 1 heteroatoms. The van der Waals surface area contributed by atoms with Crippen molar-refractivity contribution in [2.75, 3.05) is 4.90 Å². The van der Waals surface area contributed by atoms with Crippen LogP contribution in [0, 0.1) is 0 Å². The molecular weight excluding hydrogens is 687 g/mol. The highest BCUT2D eigenvalue weighted by atomic mass is 15.1. The molecule has 0 amide bonds. The molecule has 0 bridgehead atoms. The highest BCUT2D eigenvalue weighted by Crippen LogP contribution is 2.45. The number of nitrogens with zero attached hydrogens (tertiary/aromatic N) is 1. The van der Waals surface area contributed by atoms with E-state index in [1.165, 1.54) is 77.2 Å². The van der Waals surface area contributed by atoms with E-state index in [1.807, 2.05) is 0 Å². The Labute approximate surface area is 334 Å². The fourth-order valence-corrected chi connectivity index (χ4v) is 8.33. The van der Waals surface area contributed by atoms with E-state index in [2.05, 4.69) is 241 Å². The van der Waals surface area contributed by atoms with Crippen LogP contribution < -0.4 is 4.90 Å². The largest absolute Gasteiger partial charge is 0.310 e. The van der Waals surface area contributed by atoms with Gasteiger partial charge in [-0.25, -0.2) is 0 Å². The average molecular weight is 726 g/mol. The zero-order chi connectivity index (χ0) is 38.0. The second kappa shape index (κ2) is 15.0. The van der Waals surface area contributed by atoms with Crippen molar-refractivity contribution in [2.24, 2.45) is 0 Å². The SMILES string of the molecule is c1ccc(-c2ccccc2-c2ccccc2N(c2ccc(-c3ccccc3-c3ccc4ccccc4c3)cc2)c2cccc(-c3cccc4ccccc34)c2)cc1. The predicted octanol–water partition coefficient (Wildman–Crippen LogP) is 15.8. The van der Waals surface area contributed by atoms with E-state index in [0.29, 0.717) is 0 Å². The van der Waals surface area contributed by atoms with Crippen molar-refractivity contribution < 1.29 is 0 Å². The highest BCUT2D eigenvalue weighted by molar-refractivity contribution is 5.99. The first-order valence-corrected chi connectivity index (χ1v) is 19.6. The topological polar surface area (TPSA) is 3.24 Å². The molecule has 1 nitrogen and oxygen atoms in total. The van der Waals surface area contributed by atoms with Crippen LogP contribution in [0.5, 0.6) is 0 Å². The molecule has 0 N–H and O–H groups in total. The molecule has 0 atom stereocenters. The summed E-state index contributed by atoms with van der Waals surface area (Å²) in [6.07, 6.45) is 0. The van der Waals surface area contributed by atoms with Crippen LogP contribution in [0.15, 0.2) is 237 Å². The van der Waals surface area contributed by atoms with Crippen LogP contribution in [0.25, 0.3) is 77.2 Å². The number of hydrogen-bond acceptors (Lipinski definition) is 1. The molecule has 0 aliphatic rings. The maximum absolute atomic E-state index is 2.42. The lowest BCUT2D eigenvalue weighted by atomic mass is 9.92. The van der Waals surface area contributed by atoms with Crippen molar-refractivity contribution in [3.63, 3.8) is 0 Å². The quantitative estimate of drug-likeness (QED) is 0.151. The van der Waals surface area contributed by atoms with Gasteiger partial charge in [-0.1, -0.05) is 200 Å². The van der Waals surface area contributed by atoms with Crippen LogP contribution in [0.3, 0.4) is 0 Å². The van der Waals surface area contributed by atoms with Crippen LogP contribution in [0.1, 0.15) is 0 Å². The zero-order valence-corrected chi connectivity index (χ0v) is 31.5. The Hall–Kier alpha value is -7.48. The first-order valence-electron chi connectivity index (χ1n) is 19.6. The first-order chi connectivity index (χ1) is 28.3. The van der Waals surface area contributed by atoms with E-state index >= 15 is 0 Å². The van der Waals surface area contributed by atoms with E-state index in [9.17, 15) is 0 Å². The number of anilines is 3. The molecule has 0 radical (unpaired) electrons. The van der Waals surface area contributed by atoms with Gasteiger partial charge in [-0.2, -0.15) is 0 Å². The van der Waals surface area contributed by atoms with E-state index in [1.54, 1.807) is 0 Å². The smallest absolute Gasteiger partial charge is 0.0540 e. The van der Waals surface area contributed by atoms with Gasteiger partial charge in [-0.05, 0) is 108 Å². The molecule has 10 aromatic carbocycles. The lowest BCUT2D eigenvalue weighted by Gasteiger charge is -2.29. The molecule has 0 aliphatic carbocycles. The molecule has 0 unspecified atom stereocenters. The maximum Gasteiger partial charge on any atom is 0.0540 e. The van der Waals surface area contributed by atoms with Gasteiger partial charge >= 0.3 is 0 Å². The van der Waals surface area contributed by atoms with Crippen molar-refractivity contribution in [3.8, 4) is 55.6 Å². The maximum atomic E-state index is 2.42. The van der Waals surface area contributed by atoms with Gasteiger partial charge in [0.15, 0.2) is 0 Å². The molecule has 0 fully saturated rings. The van der Waals surface area contributed by atoms with Gasteiger partial charge in [0.2, 0.25) is 0 Å². The summed E-state index contributed by atoms with van der Waals surface area (Å²) in [5, 5.41) is 4.98. The van der Waals surface area contributed by atoms with Crippen LogP contribution in [-0.4, -0.2) is 0 Å². The summed E-state index contributed by atoms with van der Waals surface area (Å²) in [6, 6.07) is 85.7. The fraction of sp³-hybridized carbons (Fsp3) is 0. The second-order valence-corrected chi connectivity index (χ2v) is 14.5. The summed E-state index contributed by atoms with van der Waals surface area (Å²) in [4.78, 5) is 2.42. The van der Waals surface area contributed by atoms with Crippen LogP contribution in [0.4, 0.5) is 17.1 Å². The minimum atomic E-state index is 1.08. The molecule has 0 saturated carbocycles. The Morgan fingerprint density at radius 3 is 1.51 bits per heavy atom. The first kappa shape index (κ1) is 34.0. The van der Waals surface area contributed by atoms with Crippen LogP contribution in [0.2, 0.25) is 0 Å². The van der Waals surface area contributed by atoms with Crippen molar-refractivity contribution in [1.82, 2.24) is 0 Å². The molecule has 268 valence electrons. The minimum absolute atomic E-state index is 1.08. The Bertz CT molecular complexity index is 3010. The number of benzene rings is 10. The lowest BCUT2D eigenvalue weighted by molar-refractivity contribution is 1.28. The number of rotatable bonds is 8. The van der Waals surface area contributed by atoms with Crippen molar-refractivity contribution in [1.29, 1.82) is 0 Å². The Morgan fingerprint density at radius 2 is 0.719 bits per heavy atom.